The third-order valence-electron chi connectivity index (χ3n) is 4.51. The molecule has 0 aliphatic heterocycles. The first-order valence-electron chi connectivity index (χ1n) is 8.18. The van der Waals surface area contributed by atoms with Gasteiger partial charge in [0.25, 0.3) is 0 Å². The van der Waals surface area contributed by atoms with E-state index in [0.717, 1.165) is 0 Å². The van der Waals surface area contributed by atoms with Crippen molar-refractivity contribution in [3.8, 4) is 0 Å². The van der Waals surface area contributed by atoms with Crippen molar-refractivity contribution < 1.29 is 9.90 Å². The minimum atomic E-state index is -2.55. The van der Waals surface area contributed by atoms with E-state index in [1.54, 1.807) is 0 Å². The minimum absolute atomic E-state index is 0.0743. The fraction of sp³-hybridized carbons (Fsp3) is 0.0952. The zero-order chi connectivity index (χ0) is 17.7. The van der Waals surface area contributed by atoms with E-state index in [9.17, 15) is 9.90 Å². The molecule has 0 aromatic heterocycles. The molecule has 1 unspecified atom stereocenters. The van der Waals surface area contributed by atoms with E-state index >= 15 is 0 Å². The summed E-state index contributed by atoms with van der Waals surface area (Å²) < 4.78 is -0.162. The van der Waals surface area contributed by atoms with Crippen LogP contribution in [-0.4, -0.2) is 15.6 Å². The molecule has 3 aromatic rings. The third kappa shape index (κ3) is 3.53. The van der Waals surface area contributed by atoms with Crippen LogP contribution in [-0.2, 0) is 4.79 Å². The molecule has 4 heteroatoms. The second-order valence-electron chi connectivity index (χ2n) is 5.97. The van der Waals surface area contributed by atoms with Crippen LogP contribution in [0.25, 0.3) is 0 Å². The second-order valence-corrected chi connectivity index (χ2v) is 12.0. The Morgan fingerprint density at radius 2 is 1.08 bits per heavy atom. The third-order valence-corrected chi connectivity index (χ3v) is 11.8. The Balaban J connectivity index is 2.33. The van der Waals surface area contributed by atoms with Gasteiger partial charge in [0.15, 0.2) is 0 Å². The van der Waals surface area contributed by atoms with Gasteiger partial charge in [-0.15, -0.1) is 0 Å². The van der Waals surface area contributed by atoms with Crippen LogP contribution in [0.4, 0.5) is 0 Å². The molecular formula is C21H20BrO2P. The molecular weight excluding hydrogens is 395 g/mol. The van der Waals surface area contributed by atoms with E-state index in [1.165, 1.54) is 15.9 Å². The molecule has 25 heavy (non-hydrogen) atoms. The van der Waals surface area contributed by atoms with Gasteiger partial charge in [0.2, 0.25) is 0 Å². The number of carbonyl (C=O) groups is 1. The van der Waals surface area contributed by atoms with E-state index in [4.69, 9.17) is 0 Å². The van der Waals surface area contributed by atoms with Gasteiger partial charge in [-0.3, -0.25) is 0 Å². The van der Waals surface area contributed by atoms with Crippen LogP contribution in [0.2, 0.25) is 0 Å². The van der Waals surface area contributed by atoms with Crippen molar-refractivity contribution in [3.63, 3.8) is 0 Å². The molecule has 0 aliphatic rings. The summed E-state index contributed by atoms with van der Waals surface area (Å²) in [5.41, 5.74) is 0. The SMILES string of the molecule is O=C(O)CC(Br)[PH](c1ccccc1)(c1ccccc1)c1ccccc1. The Morgan fingerprint density at radius 1 is 0.760 bits per heavy atom. The Kier molecular flexibility index (Phi) is 5.67. The van der Waals surface area contributed by atoms with Crippen LogP contribution < -0.4 is 15.9 Å². The van der Waals surface area contributed by atoms with E-state index in [0.29, 0.717) is 0 Å². The average Bonchev–Trinajstić information content (AvgIpc) is 2.64. The van der Waals surface area contributed by atoms with Crippen LogP contribution in [0.15, 0.2) is 91.0 Å². The van der Waals surface area contributed by atoms with Gasteiger partial charge in [-0.1, -0.05) is 0 Å². The number of hydrogen-bond donors (Lipinski definition) is 1. The molecule has 0 saturated carbocycles. The summed E-state index contributed by atoms with van der Waals surface area (Å²) in [6.45, 7) is 0. The summed E-state index contributed by atoms with van der Waals surface area (Å²) in [6, 6.07) is 30.9. The van der Waals surface area contributed by atoms with Crippen LogP contribution in [0.5, 0.6) is 0 Å². The number of alkyl halides is 1. The average molecular weight is 415 g/mol. The predicted molar refractivity (Wildman–Crippen MR) is 112 cm³/mol. The van der Waals surface area contributed by atoms with Gasteiger partial charge in [0.1, 0.15) is 0 Å². The van der Waals surface area contributed by atoms with Gasteiger partial charge in [0.05, 0.1) is 0 Å². The number of aliphatic carboxylic acids is 1. The van der Waals surface area contributed by atoms with E-state index in [1.807, 2.05) is 54.6 Å². The fourth-order valence-corrected chi connectivity index (χ4v) is 10.8. The first-order chi connectivity index (χ1) is 12.2. The molecule has 3 aromatic carbocycles. The van der Waals surface area contributed by atoms with Crippen LogP contribution >= 0.6 is 23.2 Å². The molecule has 0 radical (unpaired) electrons. The number of halogens is 1. The summed E-state index contributed by atoms with van der Waals surface area (Å²) in [7, 11) is -2.55. The van der Waals surface area contributed by atoms with E-state index in [-0.39, 0.29) is 11.0 Å². The second kappa shape index (κ2) is 7.95. The van der Waals surface area contributed by atoms with Gasteiger partial charge in [-0.2, -0.15) is 0 Å². The molecule has 1 N–H and O–H groups in total. The Morgan fingerprint density at radius 3 is 1.36 bits per heavy atom. The Bertz CT molecular complexity index is 726. The molecule has 2 nitrogen and oxygen atoms in total. The molecule has 1 atom stereocenters. The number of carboxylic acids is 1. The molecule has 0 bridgehead atoms. The fourth-order valence-electron chi connectivity index (χ4n) is 3.45. The van der Waals surface area contributed by atoms with Crippen molar-refractivity contribution in [1.82, 2.24) is 0 Å². The van der Waals surface area contributed by atoms with Gasteiger partial charge < -0.3 is 0 Å². The summed E-state index contributed by atoms with van der Waals surface area (Å²) >= 11 is 3.79. The number of carboxylic acid groups (broad SMARTS) is 1. The maximum absolute atomic E-state index is 11.5. The van der Waals surface area contributed by atoms with Crippen molar-refractivity contribution >= 4 is 45.1 Å². The van der Waals surface area contributed by atoms with Gasteiger partial charge in [-0.05, 0) is 0 Å². The zero-order valence-corrected chi connectivity index (χ0v) is 16.3. The molecule has 0 aliphatic carbocycles. The van der Waals surface area contributed by atoms with Crippen LogP contribution in [0, 0.1) is 0 Å². The summed E-state index contributed by atoms with van der Waals surface area (Å²) in [6.07, 6.45) is 0.0743. The molecule has 0 saturated heterocycles. The van der Waals surface area contributed by atoms with E-state index in [2.05, 4.69) is 52.3 Å². The molecule has 0 amide bonds. The van der Waals surface area contributed by atoms with Gasteiger partial charge in [-0.25, -0.2) is 0 Å². The van der Waals surface area contributed by atoms with E-state index < -0.39 is 13.2 Å². The molecule has 0 fully saturated rings. The first kappa shape index (κ1) is 17.8. The normalized spacial score (nSPS) is 13.2. The standard InChI is InChI=1S/C21H20BrO2P/c22-20(16-21(23)24)25(17-10-4-1-5-11-17,18-12-6-2-7-13-18)19-14-8-3-9-15-19/h1-15,20,25H,16H2,(H,23,24). The topological polar surface area (TPSA) is 37.3 Å². The zero-order valence-electron chi connectivity index (χ0n) is 13.7. The van der Waals surface area contributed by atoms with Crippen LogP contribution in [0.3, 0.4) is 0 Å². The van der Waals surface area contributed by atoms with Crippen molar-refractivity contribution in [2.45, 2.75) is 11.0 Å². The Hall–Kier alpha value is -1.96. The van der Waals surface area contributed by atoms with Gasteiger partial charge in [0, 0.05) is 0 Å². The summed E-state index contributed by atoms with van der Waals surface area (Å²) in [5, 5.41) is 13.1. The number of hydrogen-bond acceptors (Lipinski definition) is 1. The molecule has 0 heterocycles. The number of benzene rings is 3. The monoisotopic (exact) mass is 414 g/mol. The predicted octanol–water partition coefficient (Wildman–Crippen LogP) is 3.91. The van der Waals surface area contributed by atoms with Crippen molar-refractivity contribution in [2.24, 2.45) is 0 Å². The van der Waals surface area contributed by atoms with Crippen molar-refractivity contribution in [1.29, 1.82) is 0 Å². The Labute approximate surface area is 157 Å². The molecule has 0 spiro atoms. The summed E-state index contributed by atoms with van der Waals surface area (Å²) in [5.74, 6) is -0.790. The molecule has 128 valence electrons. The van der Waals surface area contributed by atoms with Crippen molar-refractivity contribution in [3.05, 3.63) is 91.0 Å². The summed E-state index contributed by atoms with van der Waals surface area (Å²) in [4.78, 5) is 11.5. The maximum atomic E-state index is 11.5. The molecule has 3 rings (SSSR count). The quantitative estimate of drug-likeness (QED) is 0.490. The number of rotatable bonds is 6. The van der Waals surface area contributed by atoms with Crippen molar-refractivity contribution in [2.75, 3.05) is 0 Å². The first-order valence-corrected chi connectivity index (χ1v) is 11.2. The van der Waals surface area contributed by atoms with Crippen LogP contribution in [0.1, 0.15) is 6.42 Å². The van der Waals surface area contributed by atoms with Gasteiger partial charge >= 0.3 is 157 Å².